The second-order valence-electron chi connectivity index (χ2n) is 5.94. The van der Waals surface area contributed by atoms with Gasteiger partial charge < -0.3 is 0 Å². The van der Waals surface area contributed by atoms with E-state index in [1.165, 1.54) is 4.43 Å². The van der Waals surface area contributed by atoms with Gasteiger partial charge in [-0.15, -0.1) is 0 Å². The zero-order valence-electron chi connectivity index (χ0n) is 8.43. The number of hydrogen-bond donors (Lipinski definition) is 0. The Morgan fingerprint density at radius 2 is 1.46 bits per heavy atom. The maximum atomic E-state index is 2.63. The zero-order chi connectivity index (χ0) is 9.05. The Morgan fingerprint density at radius 3 is 1.85 bits per heavy atom. The van der Waals surface area contributed by atoms with E-state index in [9.17, 15) is 0 Å². The molecule has 0 unspecified atom stereocenters. The van der Waals surface area contributed by atoms with Crippen molar-refractivity contribution in [2.24, 2.45) is 29.1 Å². The largest absolute Gasteiger partial charge is 0.0858 e. The first-order valence-corrected chi connectivity index (χ1v) is 7.31. The third kappa shape index (κ3) is 1.15. The predicted molar refractivity (Wildman–Crippen MR) is 64.0 cm³/mol. The molecule has 0 amide bonds. The molecule has 0 atom stereocenters. The molecule has 74 valence electrons. The van der Waals surface area contributed by atoms with E-state index in [2.05, 4.69) is 29.5 Å². The molecule has 4 fully saturated rings. The van der Waals surface area contributed by atoms with Gasteiger partial charge in [-0.1, -0.05) is 29.5 Å². The van der Waals surface area contributed by atoms with E-state index in [0.717, 1.165) is 29.1 Å². The minimum absolute atomic E-state index is 0.730. The lowest BCUT2D eigenvalue weighted by Gasteiger charge is -2.60. The molecule has 0 nitrogen and oxygen atoms in total. The summed E-state index contributed by atoms with van der Waals surface area (Å²) in [7, 11) is 0. The summed E-state index contributed by atoms with van der Waals surface area (Å²) < 4.78 is 1.40. The summed E-state index contributed by atoms with van der Waals surface area (Å²) in [6.07, 6.45) is 7.89. The second kappa shape index (κ2) is 2.86. The van der Waals surface area contributed by atoms with Crippen molar-refractivity contribution >= 4 is 22.6 Å². The minimum Gasteiger partial charge on any atom is -0.0858 e. The average Bonchev–Trinajstić information content (AvgIpc) is 2.13. The molecule has 4 rings (SSSR count). The molecule has 4 aliphatic carbocycles. The van der Waals surface area contributed by atoms with Gasteiger partial charge in [-0.3, -0.25) is 0 Å². The van der Waals surface area contributed by atoms with Crippen molar-refractivity contribution in [1.82, 2.24) is 0 Å². The minimum atomic E-state index is 0.730. The average molecular weight is 290 g/mol. The Labute approximate surface area is 95.0 Å². The van der Waals surface area contributed by atoms with Gasteiger partial charge in [-0.25, -0.2) is 0 Å². The molecular weight excluding hydrogens is 271 g/mol. The van der Waals surface area contributed by atoms with Crippen LogP contribution in [0.15, 0.2) is 0 Å². The molecule has 0 aromatic rings. The first-order valence-electron chi connectivity index (χ1n) is 5.78. The van der Waals surface area contributed by atoms with Crippen LogP contribution in [0, 0.1) is 29.1 Å². The van der Waals surface area contributed by atoms with E-state index < -0.39 is 0 Å². The monoisotopic (exact) mass is 290 g/mol. The molecule has 0 aliphatic heterocycles. The fraction of sp³-hybridized carbons (Fsp3) is 1.00. The van der Waals surface area contributed by atoms with Gasteiger partial charge in [0.25, 0.3) is 0 Å². The van der Waals surface area contributed by atoms with Crippen molar-refractivity contribution in [2.75, 3.05) is 4.43 Å². The third-order valence-corrected chi connectivity index (χ3v) is 6.93. The van der Waals surface area contributed by atoms with Crippen LogP contribution < -0.4 is 0 Å². The summed E-state index contributed by atoms with van der Waals surface area (Å²) in [5.74, 6) is 4.47. The van der Waals surface area contributed by atoms with Crippen LogP contribution in [0.2, 0.25) is 0 Å². The number of rotatable bonds is 1. The molecule has 13 heavy (non-hydrogen) atoms. The summed E-state index contributed by atoms with van der Waals surface area (Å²) in [5.41, 5.74) is 0.730. The van der Waals surface area contributed by atoms with Crippen molar-refractivity contribution in [1.29, 1.82) is 0 Å². The first-order chi connectivity index (χ1) is 6.22. The molecular formula is C12H19I. The highest BCUT2D eigenvalue weighted by atomic mass is 127. The lowest BCUT2D eigenvalue weighted by atomic mass is 9.46. The lowest BCUT2D eigenvalue weighted by molar-refractivity contribution is -0.0831. The van der Waals surface area contributed by atoms with E-state index in [-0.39, 0.29) is 0 Å². The molecule has 0 heterocycles. The van der Waals surface area contributed by atoms with Crippen LogP contribution in [0.3, 0.4) is 0 Å². The van der Waals surface area contributed by atoms with Gasteiger partial charge in [0.1, 0.15) is 0 Å². The fourth-order valence-corrected chi connectivity index (χ4v) is 5.72. The van der Waals surface area contributed by atoms with Crippen LogP contribution in [0.5, 0.6) is 0 Å². The lowest BCUT2D eigenvalue weighted by Crippen LogP contribution is -2.52. The Kier molecular flexibility index (Phi) is 1.98. The Balaban J connectivity index is 1.93. The van der Waals surface area contributed by atoms with Gasteiger partial charge in [0.2, 0.25) is 0 Å². The van der Waals surface area contributed by atoms with Gasteiger partial charge in [0.15, 0.2) is 0 Å². The maximum Gasteiger partial charge on any atom is 0.00546 e. The van der Waals surface area contributed by atoms with Crippen LogP contribution in [0.4, 0.5) is 0 Å². The van der Waals surface area contributed by atoms with Crippen LogP contribution in [-0.4, -0.2) is 4.43 Å². The summed E-state index contributed by atoms with van der Waals surface area (Å²) in [6, 6.07) is 0. The van der Waals surface area contributed by atoms with Gasteiger partial charge in [-0.05, 0) is 61.2 Å². The van der Waals surface area contributed by atoms with Gasteiger partial charge in [-0.2, -0.15) is 0 Å². The summed E-state index contributed by atoms with van der Waals surface area (Å²) in [6.45, 7) is 2.58. The van der Waals surface area contributed by atoms with Gasteiger partial charge in [0.05, 0.1) is 0 Å². The highest BCUT2D eigenvalue weighted by Crippen LogP contribution is 2.62. The third-order valence-electron chi connectivity index (χ3n) is 5.29. The summed E-state index contributed by atoms with van der Waals surface area (Å²) >= 11 is 2.63. The maximum absolute atomic E-state index is 2.63. The molecule has 4 saturated carbocycles. The molecule has 1 heteroatoms. The number of hydrogen-bond acceptors (Lipinski definition) is 0. The molecule has 0 aromatic carbocycles. The van der Waals surface area contributed by atoms with Crippen LogP contribution in [-0.2, 0) is 0 Å². The van der Waals surface area contributed by atoms with Gasteiger partial charge in [0, 0.05) is 4.43 Å². The van der Waals surface area contributed by atoms with Crippen LogP contribution in [0.25, 0.3) is 0 Å². The SMILES string of the molecule is CC1(CI)C2CC3CC(C2)CC1C3. The highest BCUT2D eigenvalue weighted by Gasteiger charge is 2.53. The van der Waals surface area contributed by atoms with E-state index in [4.69, 9.17) is 0 Å². The Morgan fingerprint density at radius 1 is 1.00 bits per heavy atom. The number of alkyl halides is 1. The molecule has 0 aromatic heterocycles. The van der Waals surface area contributed by atoms with Crippen molar-refractivity contribution < 1.29 is 0 Å². The Hall–Kier alpha value is 0.730. The fourth-order valence-electron chi connectivity index (χ4n) is 4.48. The van der Waals surface area contributed by atoms with E-state index in [1.807, 2.05) is 0 Å². The molecule has 0 N–H and O–H groups in total. The highest BCUT2D eigenvalue weighted by molar-refractivity contribution is 14.1. The molecule has 0 spiro atoms. The summed E-state index contributed by atoms with van der Waals surface area (Å²) in [4.78, 5) is 0. The van der Waals surface area contributed by atoms with E-state index in [0.29, 0.717) is 0 Å². The van der Waals surface area contributed by atoms with Crippen LogP contribution in [0.1, 0.15) is 39.0 Å². The van der Waals surface area contributed by atoms with Crippen molar-refractivity contribution in [3.63, 3.8) is 0 Å². The second-order valence-corrected chi connectivity index (χ2v) is 6.71. The predicted octanol–water partition coefficient (Wildman–Crippen LogP) is 3.88. The van der Waals surface area contributed by atoms with E-state index in [1.54, 1.807) is 32.1 Å². The standard InChI is InChI=1S/C12H19I/c1-12(7-13)10-3-8-2-9(5-10)6-11(12)4-8/h8-11H,2-7H2,1H3. The molecule has 0 saturated heterocycles. The summed E-state index contributed by atoms with van der Waals surface area (Å²) in [5, 5.41) is 0. The molecule has 4 aliphatic rings. The normalized spacial score (nSPS) is 58.6. The molecule has 4 bridgehead atoms. The number of halogens is 1. The smallest absolute Gasteiger partial charge is 0.00546 e. The molecule has 0 radical (unpaired) electrons. The van der Waals surface area contributed by atoms with Crippen LogP contribution >= 0.6 is 22.6 Å². The Bertz CT molecular complexity index is 193. The first kappa shape index (κ1) is 8.99. The van der Waals surface area contributed by atoms with Gasteiger partial charge >= 0.3 is 0 Å². The quantitative estimate of drug-likeness (QED) is 0.508. The van der Waals surface area contributed by atoms with Crippen molar-refractivity contribution in [3.05, 3.63) is 0 Å². The van der Waals surface area contributed by atoms with Crippen molar-refractivity contribution in [3.8, 4) is 0 Å². The topological polar surface area (TPSA) is 0 Å². The zero-order valence-corrected chi connectivity index (χ0v) is 10.6. The van der Waals surface area contributed by atoms with Crippen molar-refractivity contribution in [2.45, 2.75) is 39.0 Å². The van der Waals surface area contributed by atoms with E-state index >= 15 is 0 Å².